The highest BCUT2D eigenvalue weighted by atomic mass is 16.5. The van der Waals surface area contributed by atoms with E-state index >= 15 is 0 Å². The zero-order chi connectivity index (χ0) is 39.6. The molecule has 2 aliphatic heterocycles. The molecular weight excluding hydrogens is 731 g/mol. The fourth-order valence-corrected chi connectivity index (χ4v) is 9.93. The highest BCUT2D eigenvalue weighted by Gasteiger charge is 2.51. The van der Waals surface area contributed by atoms with Gasteiger partial charge in [0.25, 0.3) is 0 Å². The molecule has 0 amide bonds. The fraction of sp³-hybridized carbons (Fsp3) is 0.0536. The lowest BCUT2D eigenvalue weighted by atomic mass is 9.66. The van der Waals surface area contributed by atoms with Crippen molar-refractivity contribution in [2.75, 3.05) is 0 Å². The van der Waals surface area contributed by atoms with Crippen LogP contribution in [0.5, 0.6) is 11.5 Å². The van der Waals surface area contributed by atoms with Gasteiger partial charge in [-0.05, 0) is 96.7 Å². The van der Waals surface area contributed by atoms with Crippen LogP contribution < -0.4 is 15.4 Å². The first kappa shape index (κ1) is 34.5. The molecule has 4 nitrogen and oxygen atoms in total. The van der Waals surface area contributed by atoms with Gasteiger partial charge in [-0.15, -0.1) is 0 Å². The van der Waals surface area contributed by atoms with Crippen LogP contribution in [-0.4, -0.2) is 5.84 Å². The van der Waals surface area contributed by atoms with E-state index in [1.807, 2.05) is 0 Å². The molecule has 12 rings (SSSR count). The van der Waals surface area contributed by atoms with Gasteiger partial charge in [-0.1, -0.05) is 182 Å². The number of amidine groups is 1. The van der Waals surface area contributed by atoms with E-state index in [-0.39, 0.29) is 12.3 Å². The molecular formula is C56H39N3O. The summed E-state index contributed by atoms with van der Waals surface area (Å²) in [6.07, 6.45) is -0.354. The van der Waals surface area contributed by atoms with E-state index in [0.29, 0.717) is 0 Å². The molecule has 4 heteroatoms. The second-order valence-corrected chi connectivity index (χ2v) is 15.9. The maximum atomic E-state index is 6.58. The van der Waals surface area contributed by atoms with Crippen molar-refractivity contribution < 1.29 is 4.74 Å². The number of rotatable bonds is 5. The van der Waals surface area contributed by atoms with Crippen LogP contribution in [0.1, 0.15) is 51.3 Å². The summed E-state index contributed by atoms with van der Waals surface area (Å²) in [5, 5.41) is 9.99. The summed E-state index contributed by atoms with van der Waals surface area (Å²) in [7, 11) is 0. The maximum Gasteiger partial charge on any atom is 0.132 e. The predicted molar refractivity (Wildman–Crippen MR) is 243 cm³/mol. The van der Waals surface area contributed by atoms with Gasteiger partial charge in [0.2, 0.25) is 0 Å². The van der Waals surface area contributed by atoms with E-state index in [1.54, 1.807) is 0 Å². The maximum absolute atomic E-state index is 6.58. The van der Waals surface area contributed by atoms with Crippen molar-refractivity contribution in [1.82, 2.24) is 10.6 Å². The minimum Gasteiger partial charge on any atom is -0.457 e. The van der Waals surface area contributed by atoms with Crippen LogP contribution in [0, 0.1) is 0 Å². The molecule has 284 valence electrons. The van der Waals surface area contributed by atoms with Crippen molar-refractivity contribution in [3.63, 3.8) is 0 Å². The number of hydrogen-bond donors (Lipinski definition) is 2. The minimum atomic E-state index is -0.510. The zero-order valence-corrected chi connectivity index (χ0v) is 32.7. The summed E-state index contributed by atoms with van der Waals surface area (Å²) in [5.41, 5.74) is 14.9. The molecule has 0 saturated heterocycles. The molecule has 0 radical (unpaired) electrons. The third-order valence-corrected chi connectivity index (χ3v) is 12.6. The van der Waals surface area contributed by atoms with Gasteiger partial charge in [0, 0.05) is 16.7 Å². The molecule has 2 unspecified atom stereocenters. The summed E-state index contributed by atoms with van der Waals surface area (Å²) in [6, 6.07) is 76.3. The number of para-hydroxylation sites is 2. The lowest BCUT2D eigenvalue weighted by molar-refractivity contribution is 0.409. The molecule has 0 aromatic heterocycles. The van der Waals surface area contributed by atoms with Crippen LogP contribution in [0.15, 0.2) is 217 Å². The Morgan fingerprint density at radius 1 is 0.417 bits per heavy atom. The summed E-state index contributed by atoms with van der Waals surface area (Å²) in [6.45, 7) is 0. The summed E-state index contributed by atoms with van der Waals surface area (Å²) in [4.78, 5) is 5.28. The quantitative estimate of drug-likeness (QED) is 0.183. The SMILES string of the molecule is c1ccc(C2N=C(c3cccc(-c4cccc(-c5cccc6c5-c5ccccc5C65c6ccccc6Oc6ccccc65)c4)c3)NC(c3ccc4ccccc4c3)N2)cc1. The molecule has 60 heavy (non-hydrogen) atoms. The van der Waals surface area contributed by atoms with Crippen LogP contribution in [0.4, 0.5) is 0 Å². The molecule has 2 N–H and O–H groups in total. The van der Waals surface area contributed by atoms with Crippen molar-refractivity contribution in [3.8, 4) is 44.9 Å². The van der Waals surface area contributed by atoms with Gasteiger partial charge in [-0.2, -0.15) is 0 Å². The van der Waals surface area contributed by atoms with E-state index in [0.717, 1.165) is 45.2 Å². The number of aliphatic imine (C=N–C) groups is 1. The fourth-order valence-electron chi connectivity index (χ4n) is 9.93. The number of nitrogens with one attached hydrogen (secondary N) is 2. The highest BCUT2D eigenvalue weighted by Crippen LogP contribution is 2.63. The molecule has 0 fully saturated rings. The Bertz CT molecular complexity index is 3120. The number of benzene rings is 9. The molecule has 9 aromatic carbocycles. The van der Waals surface area contributed by atoms with Crippen LogP contribution in [0.2, 0.25) is 0 Å². The van der Waals surface area contributed by atoms with Gasteiger partial charge in [0.05, 0.1) is 5.41 Å². The lowest BCUT2D eigenvalue weighted by Crippen LogP contribution is -2.44. The smallest absolute Gasteiger partial charge is 0.132 e. The van der Waals surface area contributed by atoms with Crippen molar-refractivity contribution in [2.45, 2.75) is 17.7 Å². The van der Waals surface area contributed by atoms with Crippen molar-refractivity contribution in [2.24, 2.45) is 4.99 Å². The molecule has 2 heterocycles. The van der Waals surface area contributed by atoms with Crippen molar-refractivity contribution in [3.05, 3.63) is 251 Å². The lowest BCUT2D eigenvalue weighted by Gasteiger charge is -2.39. The third-order valence-electron chi connectivity index (χ3n) is 12.6. The summed E-state index contributed by atoms with van der Waals surface area (Å²) >= 11 is 0. The van der Waals surface area contributed by atoms with Gasteiger partial charge in [0.15, 0.2) is 0 Å². The van der Waals surface area contributed by atoms with Crippen LogP contribution in [-0.2, 0) is 5.41 Å². The van der Waals surface area contributed by atoms with Gasteiger partial charge in [0.1, 0.15) is 29.7 Å². The van der Waals surface area contributed by atoms with Crippen molar-refractivity contribution >= 4 is 16.6 Å². The Hall–Kier alpha value is -7.53. The van der Waals surface area contributed by atoms with Crippen molar-refractivity contribution in [1.29, 1.82) is 0 Å². The Morgan fingerprint density at radius 2 is 1.00 bits per heavy atom. The monoisotopic (exact) mass is 769 g/mol. The Balaban J connectivity index is 0.957. The average molecular weight is 770 g/mol. The minimum absolute atomic E-state index is 0.139. The van der Waals surface area contributed by atoms with E-state index < -0.39 is 5.41 Å². The Kier molecular flexibility index (Phi) is 7.94. The number of nitrogens with zero attached hydrogens (tertiary/aromatic N) is 1. The van der Waals surface area contributed by atoms with Gasteiger partial charge < -0.3 is 10.1 Å². The van der Waals surface area contributed by atoms with Crippen LogP contribution in [0.25, 0.3) is 44.2 Å². The molecule has 1 spiro atoms. The van der Waals surface area contributed by atoms with Gasteiger partial charge in [-0.3, -0.25) is 5.32 Å². The van der Waals surface area contributed by atoms with E-state index in [9.17, 15) is 0 Å². The molecule has 1 aliphatic carbocycles. The molecule has 9 aromatic rings. The topological polar surface area (TPSA) is 45.6 Å². The van der Waals surface area contributed by atoms with Gasteiger partial charge in [-0.25, -0.2) is 4.99 Å². The molecule has 0 saturated carbocycles. The average Bonchev–Trinajstić information content (AvgIpc) is 3.62. The van der Waals surface area contributed by atoms with E-state index in [2.05, 4.69) is 223 Å². The van der Waals surface area contributed by atoms with Crippen LogP contribution >= 0.6 is 0 Å². The first-order valence-electron chi connectivity index (χ1n) is 20.7. The molecule has 3 aliphatic rings. The number of hydrogen-bond acceptors (Lipinski definition) is 4. The second-order valence-electron chi connectivity index (χ2n) is 15.9. The standard InChI is InChI=1S/C56H39N3O/c1-2-16-37(17-3-1)53-57-54(59-55(58-53)43-32-31-36-15-4-5-18-38(36)34-43)42-22-13-20-40(35-42)39-19-12-21-41(33-39)44-24-14-28-49-52(44)45-23-6-7-25-46(45)56(49)47-26-8-10-29-50(47)60-51-30-11-9-27-48(51)56/h1-35,53,55,58H,(H,57,59). The highest BCUT2D eigenvalue weighted by molar-refractivity contribution is 6.01. The van der Waals surface area contributed by atoms with Crippen LogP contribution in [0.3, 0.4) is 0 Å². The second kappa shape index (κ2) is 13.8. The third kappa shape index (κ3) is 5.38. The van der Waals surface area contributed by atoms with Gasteiger partial charge >= 0.3 is 0 Å². The Labute approximate surface area is 349 Å². The summed E-state index contributed by atoms with van der Waals surface area (Å²) < 4.78 is 6.58. The first-order valence-corrected chi connectivity index (χ1v) is 20.7. The number of ether oxygens (including phenoxy) is 1. The summed E-state index contributed by atoms with van der Waals surface area (Å²) in [5.74, 6) is 2.66. The Morgan fingerprint density at radius 3 is 1.78 bits per heavy atom. The zero-order valence-electron chi connectivity index (χ0n) is 32.7. The number of fused-ring (bicyclic) bond motifs is 10. The normalized spacial score (nSPS) is 16.8. The largest absolute Gasteiger partial charge is 0.457 e. The van der Waals surface area contributed by atoms with E-state index in [1.165, 1.54) is 55.3 Å². The molecule has 2 atom stereocenters. The predicted octanol–water partition coefficient (Wildman–Crippen LogP) is 13.0. The van der Waals surface area contributed by atoms with E-state index in [4.69, 9.17) is 9.73 Å². The molecule has 0 bridgehead atoms. The first-order chi connectivity index (χ1) is 29.7.